The molecule has 1 aliphatic rings. The Morgan fingerprint density at radius 1 is 0.956 bits per heavy atom. The van der Waals surface area contributed by atoms with Gasteiger partial charge in [-0.2, -0.15) is 0 Å². The number of nitrogens with zero attached hydrogens (tertiary/aromatic N) is 2. The number of nitroso groups, excluding NO2 is 1. The van der Waals surface area contributed by atoms with E-state index in [1.165, 1.54) is 0 Å². The number of aliphatic carboxylic acids is 3. The number of hydrogen-bond donors (Lipinski definition) is 4. The van der Waals surface area contributed by atoms with Crippen LogP contribution >= 0.6 is 11.9 Å². The summed E-state index contributed by atoms with van der Waals surface area (Å²) in [5.74, 6) is -5.65. The average Bonchev–Trinajstić information content (AvgIpc) is 2.98. The van der Waals surface area contributed by atoms with E-state index in [2.05, 4.69) is 16.5 Å². The summed E-state index contributed by atoms with van der Waals surface area (Å²) in [6.45, 7) is 3.93. The molecule has 1 atom stereocenters. The van der Waals surface area contributed by atoms with Gasteiger partial charge in [0.1, 0.15) is 0 Å². The van der Waals surface area contributed by atoms with Crippen LogP contribution in [0.5, 0.6) is 0 Å². The third-order valence-electron chi connectivity index (χ3n) is 7.39. The summed E-state index contributed by atoms with van der Waals surface area (Å²) in [5, 5.41) is 33.8. The zero-order valence-electron chi connectivity index (χ0n) is 25.1. The number of ether oxygens (including phenoxy) is 1. The molecule has 0 aromatic heterocycles. The van der Waals surface area contributed by atoms with Gasteiger partial charge in [-0.15, -0.1) is 4.91 Å². The summed E-state index contributed by atoms with van der Waals surface area (Å²) in [6.07, 6.45) is 0.542. The second-order valence-corrected chi connectivity index (χ2v) is 12.2. The van der Waals surface area contributed by atoms with Crippen LogP contribution in [0.25, 0.3) is 0 Å². The van der Waals surface area contributed by atoms with Crippen molar-refractivity contribution >= 4 is 41.6 Å². The molecule has 0 aliphatic carbocycles. The van der Waals surface area contributed by atoms with Gasteiger partial charge in [0, 0.05) is 32.4 Å². The van der Waals surface area contributed by atoms with E-state index in [-0.39, 0.29) is 29.0 Å². The predicted octanol–water partition coefficient (Wildman–Crippen LogP) is 3.66. The highest BCUT2D eigenvalue weighted by Gasteiger charge is 2.41. The number of benzene rings is 2. The van der Waals surface area contributed by atoms with Gasteiger partial charge < -0.3 is 30.1 Å². The quantitative estimate of drug-likeness (QED) is 0.0944. The van der Waals surface area contributed by atoms with Crippen LogP contribution in [0, 0.1) is 10.8 Å². The fraction of sp³-hybridized carbons (Fsp3) is 0.452. The number of piperidine rings is 1. The highest BCUT2D eigenvalue weighted by molar-refractivity contribution is 7.99. The lowest BCUT2D eigenvalue weighted by Crippen LogP contribution is -2.42. The molecular weight excluding hydrogens is 608 g/mol. The van der Waals surface area contributed by atoms with Crippen LogP contribution < -0.4 is 0 Å². The van der Waals surface area contributed by atoms with Crippen molar-refractivity contribution in [1.29, 1.82) is 0 Å². The first-order valence-corrected chi connectivity index (χ1v) is 14.9. The van der Waals surface area contributed by atoms with Crippen molar-refractivity contribution in [3.8, 4) is 0 Å². The summed E-state index contributed by atoms with van der Waals surface area (Å²) in [4.78, 5) is 68.9. The highest BCUT2D eigenvalue weighted by atomic mass is 32.2. The van der Waals surface area contributed by atoms with Gasteiger partial charge in [-0.05, 0) is 57.5 Å². The molecule has 0 radical (unpaired) electrons. The Hall–Kier alpha value is -4.14. The van der Waals surface area contributed by atoms with E-state index in [1.807, 2.05) is 43.3 Å². The summed E-state index contributed by atoms with van der Waals surface area (Å²) >= 11 is 1.09. The van der Waals surface area contributed by atoms with Crippen molar-refractivity contribution in [3.05, 3.63) is 76.2 Å². The Bertz CT molecular complexity index is 1330. The number of aliphatic hydroxyl groups is 1. The fourth-order valence-corrected chi connectivity index (χ4v) is 5.42. The largest absolute Gasteiger partial charge is 0.481 e. The maximum absolute atomic E-state index is 12.7. The van der Waals surface area contributed by atoms with Crippen LogP contribution in [0.2, 0.25) is 0 Å². The van der Waals surface area contributed by atoms with Crippen molar-refractivity contribution in [2.45, 2.75) is 55.8 Å². The zero-order valence-corrected chi connectivity index (χ0v) is 25.9. The van der Waals surface area contributed by atoms with E-state index in [9.17, 15) is 28.9 Å². The number of rotatable bonds is 15. The van der Waals surface area contributed by atoms with Gasteiger partial charge >= 0.3 is 23.9 Å². The molecule has 1 unspecified atom stereocenters. The summed E-state index contributed by atoms with van der Waals surface area (Å²) in [7, 11) is 2.06. The normalized spacial score (nSPS) is 15.1. The third-order valence-corrected chi connectivity index (χ3v) is 8.46. The fourth-order valence-electron chi connectivity index (χ4n) is 4.72. The summed E-state index contributed by atoms with van der Waals surface area (Å²) < 4.78 is 8.37. The molecule has 45 heavy (non-hydrogen) atoms. The predicted molar refractivity (Wildman–Crippen MR) is 165 cm³/mol. The molecule has 1 saturated heterocycles. The van der Waals surface area contributed by atoms with Crippen molar-refractivity contribution in [1.82, 2.24) is 4.90 Å². The van der Waals surface area contributed by atoms with Crippen LogP contribution in [0.15, 0.2) is 59.2 Å². The summed E-state index contributed by atoms with van der Waals surface area (Å²) in [5.41, 5.74) is -0.569. The number of hydrogen-bond acceptors (Lipinski definition) is 11. The summed E-state index contributed by atoms with van der Waals surface area (Å²) in [6, 6.07) is 16.6. The molecule has 1 fully saturated rings. The minimum Gasteiger partial charge on any atom is -0.481 e. The second kappa shape index (κ2) is 17.4. The van der Waals surface area contributed by atoms with Crippen molar-refractivity contribution < 1.29 is 49.1 Å². The number of carbonyl (C=O) groups excluding carboxylic acids is 2. The van der Waals surface area contributed by atoms with Gasteiger partial charge in [-0.1, -0.05) is 55.5 Å². The van der Waals surface area contributed by atoms with Gasteiger partial charge in [0.05, 0.1) is 25.4 Å². The monoisotopic (exact) mass is 646 g/mol. The lowest BCUT2D eigenvalue weighted by atomic mass is 9.93. The molecule has 0 amide bonds. The molecule has 14 heteroatoms. The van der Waals surface area contributed by atoms with Crippen molar-refractivity contribution in [2.75, 3.05) is 26.7 Å². The van der Waals surface area contributed by atoms with E-state index < -0.39 is 36.4 Å². The molecule has 0 spiro atoms. The molecule has 3 rings (SSSR count). The molecule has 1 heterocycles. The lowest BCUT2D eigenvalue weighted by molar-refractivity contribution is -0.170. The van der Waals surface area contributed by atoms with Gasteiger partial charge in [0.15, 0.2) is 11.4 Å². The number of carbonyl (C=O) groups is 5. The van der Waals surface area contributed by atoms with E-state index >= 15 is 0 Å². The second-order valence-electron chi connectivity index (χ2n) is 11.0. The molecular formula is C31H38N2O11S. The highest BCUT2D eigenvalue weighted by Crippen LogP contribution is 2.39. The van der Waals surface area contributed by atoms with E-state index in [1.54, 1.807) is 18.2 Å². The van der Waals surface area contributed by atoms with Gasteiger partial charge in [-0.25, -0.2) is 4.79 Å². The zero-order chi connectivity index (χ0) is 33.6. The third kappa shape index (κ3) is 12.0. The first-order chi connectivity index (χ1) is 21.2. The van der Waals surface area contributed by atoms with E-state index in [0.29, 0.717) is 24.0 Å². The van der Waals surface area contributed by atoms with Crippen LogP contribution in [0.4, 0.5) is 0 Å². The Balaban J connectivity index is 0.000000459. The van der Waals surface area contributed by atoms with Crippen LogP contribution in [-0.4, -0.2) is 92.1 Å². The molecule has 244 valence electrons. The van der Waals surface area contributed by atoms with Crippen LogP contribution in [0.3, 0.4) is 0 Å². The molecule has 0 saturated carbocycles. The first kappa shape index (κ1) is 37.0. The van der Waals surface area contributed by atoms with E-state index in [0.717, 1.165) is 43.4 Å². The van der Waals surface area contributed by atoms with E-state index in [4.69, 9.17) is 25.2 Å². The Labute approximate surface area is 264 Å². The number of esters is 1. The van der Waals surface area contributed by atoms with Gasteiger partial charge in [0.25, 0.3) is 0 Å². The lowest BCUT2D eigenvalue weighted by Gasteiger charge is -2.37. The average molecular weight is 647 g/mol. The number of carboxylic acids is 3. The molecule has 0 bridgehead atoms. The maximum atomic E-state index is 12.7. The molecule has 2 aromatic carbocycles. The molecule has 4 N–H and O–H groups in total. The Morgan fingerprint density at radius 3 is 2.07 bits per heavy atom. The minimum atomic E-state index is -2.74. The smallest absolute Gasteiger partial charge is 0.336 e. The van der Waals surface area contributed by atoms with Crippen LogP contribution in [-0.2, 0) is 30.3 Å². The number of carboxylic acid groups (broad SMARTS) is 3. The Morgan fingerprint density at radius 2 is 1.53 bits per heavy atom. The number of likely N-dealkylation sites (tertiary alicyclic amines) is 1. The minimum absolute atomic E-state index is 0.0348. The number of ketones is 1. The van der Waals surface area contributed by atoms with Crippen molar-refractivity contribution in [3.63, 3.8) is 0 Å². The van der Waals surface area contributed by atoms with Gasteiger partial charge in [0.2, 0.25) is 0 Å². The van der Waals surface area contributed by atoms with Crippen LogP contribution in [0.1, 0.15) is 60.5 Å². The topological polar surface area (TPSA) is 208 Å². The van der Waals surface area contributed by atoms with Crippen molar-refractivity contribution in [2.24, 2.45) is 10.5 Å². The first-order valence-electron chi connectivity index (χ1n) is 14.1. The molecule has 2 aromatic rings. The SMILES string of the molecule is CC(Cc1cccc(C(=O)c2ccccc2)c1)C(=O)OCCC1(SN=O)CCN(C)CC1.O=C(O)CC(O)(CC(=O)O)C(=O)O. The standard InChI is InChI=1S/C25H30N2O4S.C6H8O7/c1-19(24(29)31-16-13-25(32-26-30)11-14-27(2)15-12-25)17-20-7-6-10-22(18-20)23(28)21-8-4-3-5-9-21;7-3(8)1-6(13,5(11)12)2-4(9)10/h3-10,18-19H,11-17H2,1-2H3;13H,1-2H2,(H,7,8)(H,9,10)(H,11,12). The maximum Gasteiger partial charge on any atom is 0.336 e. The molecule has 1 aliphatic heterocycles. The van der Waals surface area contributed by atoms with Gasteiger partial charge in [-0.3, -0.25) is 19.2 Å². The Kier molecular flexibility index (Phi) is 14.3. The molecule has 13 nitrogen and oxygen atoms in total.